The smallest absolute Gasteiger partial charge is 0.142 e. The van der Waals surface area contributed by atoms with Crippen LogP contribution in [0.2, 0.25) is 0 Å². The number of nitrogens with zero attached hydrogens (tertiary/aromatic N) is 1. The van der Waals surface area contributed by atoms with E-state index in [0.29, 0.717) is 22.3 Å². The number of rotatable bonds is 3. The standard InChI is InChI=1S/C16H12B7N/c1-4-16(2,3)8-11(20)13(22)14(24-15(8)23)6-5-7(17)10(19)12(21)9(6)18/h5H,4H2,1-3H3. The Labute approximate surface area is 154 Å². The van der Waals surface area contributed by atoms with Gasteiger partial charge in [-0.15, -0.1) is 16.4 Å². The lowest BCUT2D eigenvalue weighted by atomic mass is 9.62. The third-order valence-corrected chi connectivity index (χ3v) is 4.60. The topological polar surface area (TPSA) is 12.9 Å². The molecule has 0 N–H and O–H groups in total. The van der Waals surface area contributed by atoms with Gasteiger partial charge in [-0.05, 0) is 28.6 Å². The fourth-order valence-corrected chi connectivity index (χ4v) is 2.68. The molecule has 0 saturated heterocycles. The Morgan fingerprint density at radius 1 is 0.833 bits per heavy atom. The first-order chi connectivity index (χ1) is 11.0. The molecular formula is C16H12B7N. The molecule has 24 heavy (non-hydrogen) atoms. The van der Waals surface area contributed by atoms with Gasteiger partial charge in [-0.3, -0.25) is 4.98 Å². The summed E-state index contributed by atoms with van der Waals surface area (Å²) in [6, 6.07) is 1.57. The third kappa shape index (κ3) is 3.05. The summed E-state index contributed by atoms with van der Waals surface area (Å²) < 4.78 is 0. The van der Waals surface area contributed by atoms with Crippen LogP contribution in [0.3, 0.4) is 0 Å². The molecule has 1 aromatic heterocycles. The van der Waals surface area contributed by atoms with Crippen LogP contribution in [-0.4, -0.2) is 59.9 Å². The molecule has 1 heterocycles. The predicted molar refractivity (Wildman–Crippen MR) is 111 cm³/mol. The summed E-state index contributed by atoms with van der Waals surface area (Å²) in [6.07, 6.45) is 0.825. The molecule has 0 atom stereocenters. The summed E-state index contributed by atoms with van der Waals surface area (Å²) in [5.74, 6) is 0. The lowest BCUT2D eigenvalue weighted by Crippen LogP contribution is -2.49. The molecule has 2 rings (SSSR count). The van der Waals surface area contributed by atoms with Gasteiger partial charge < -0.3 is 0 Å². The van der Waals surface area contributed by atoms with E-state index >= 15 is 0 Å². The van der Waals surface area contributed by atoms with Gasteiger partial charge in [0.05, 0.1) is 5.69 Å². The van der Waals surface area contributed by atoms with E-state index in [9.17, 15) is 0 Å². The van der Waals surface area contributed by atoms with Crippen molar-refractivity contribution in [1.29, 1.82) is 0 Å². The SMILES string of the molecule is [B]c1cc(-c2nc([B])c(C(C)(C)CC)c([B])c2[B])c([B])c([B])c1[B]. The van der Waals surface area contributed by atoms with Crippen molar-refractivity contribution in [3.8, 4) is 11.3 Å². The minimum atomic E-state index is -0.265. The maximum absolute atomic E-state index is 6.27. The largest absolute Gasteiger partial charge is 0.265 e. The van der Waals surface area contributed by atoms with Crippen molar-refractivity contribution in [3.63, 3.8) is 0 Å². The van der Waals surface area contributed by atoms with Crippen LogP contribution in [0, 0.1) is 0 Å². The number of hydrogen-bond donors (Lipinski definition) is 0. The number of pyridine rings is 1. The van der Waals surface area contributed by atoms with E-state index in [1.165, 1.54) is 0 Å². The van der Waals surface area contributed by atoms with Gasteiger partial charge in [0.2, 0.25) is 0 Å². The molecule has 0 unspecified atom stereocenters. The van der Waals surface area contributed by atoms with Crippen molar-refractivity contribution in [2.45, 2.75) is 32.6 Å². The summed E-state index contributed by atoms with van der Waals surface area (Å²) in [6.45, 7) is 6.11. The highest BCUT2D eigenvalue weighted by Gasteiger charge is 2.25. The molecule has 0 saturated carbocycles. The number of aromatic nitrogens is 1. The normalized spacial score (nSPS) is 11.6. The van der Waals surface area contributed by atoms with E-state index in [1.54, 1.807) is 6.07 Å². The van der Waals surface area contributed by atoms with E-state index in [0.717, 1.165) is 12.0 Å². The molecule has 2 aromatic rings. The Bertz CT molecular complexity index is 815. The number of benzene rings is 1. The fourth-order valence-electron chi connectivity index (χ4n) is 2.68. The molecule has 102 valence electrons. The second kappa shape index (κ2) is 6.62. The van der Waals surface area contributed by atoms with Crippen molar-refractivity contribution in [1.82, 2.24) is 4.98 Å². The fraction of sp³-hybridized carbons (Fsp3) is 0.312. The van der Waals surface area contributed by atoms with E-state index in [1.807, 2.05) is 20.8 Å². The molecule has 1 nitrogen and oxygen atoms in total. The first kappa shape index (κ1) is 19.2. The number of hydrogen-bond acceptors (Lipinski definition) is 1. The molecule has 0 fully saturated rings. The molecular weight excluding hydrogens is 282 g/mol. The van der Waals surface area contributed by atoms with Gasteiger partial charge in [0, 0.05) is 0 Å². The maximum atomic E-state index is 6.27. The van der Waals surface area contributed by atoms with Gasteiger partial charge in [-0.2, -0.15) is 0 Å². The molecule has 0 bridgehead atoms. The molecule has 0 aliphatic heterocycles. The van der Waals surface area contributed by atoms with Gasteiger partial charge in [0.15, 0.2) is 0 Å². The van der Waals surface area contributed by atoms with Crippen molar-refractivity contribution < 1.29 is 0 Å². The van der Waals surface area contributed by atoms with Gasteiger partial charge in [0.1, 0.15) is 54.9 Å². The molecule has 8 heteroatoms. The van der Waals surface area contributed by atoms with Crippen LogP contribution in [-0.2, 0) is 5.41 Å². The van der Waals surface area contributed by atoms with Crippen molar-refractivity contribution in [2.75, 3.05) is 0 Å². The first-order valence-electron chi connectivity index (χ1n) is 7.61. The summed E-state index contributed by atoms with van der Waals surface area (Å²) in [7, 11) is 42.3. The Kier molecular flexibility index (Phi) is 5.28. The van der Waals surface area contributed by atoms with Crippen LogP contribution in [0.5, 0.6) is 0 Å². The average Bonchev–Trinajstić information content (AvgIpc) is 2.52. The van der Waals surface area contributed by atoms with E-state index in [4.69, 9.17) is 54.9 Å². The summed E-state index contributed by atoms with van der Waals surface area (Å²) in [5.41, 5.74) is 3.16. The Balaban J connectivity index is 2.81. The second-order valence-corrected chi connectivity index (χ2v) is 6.54. The highest BCUT2D eigenvalue weighted by Crippen LogP contribution is 2.23. The zero-order valence-electron chi connectivity index (χ0n) is 14.3. The van der Waals surface area contributed by atoms with Crippen LogP contribution in [0.4, 0.5) is 0 Å². The Hall–Kier alpha value is -1.18. The monoisotopic (exact) mass is 295 g/mol. The molecule has 0 aliphatic rings. The minimum Gasteiger partial charge on any atom is -0.265 e. The van der Waals surface area contributed by atoms with Crippen LogP contribution in [0.1, 0.15) is 32.8 Å². The van der Waals surface area contributed by atoms with Crippen molar-refractivity contribution in [2.24, 2.45) is 0 Å². The van der Waals surface area contributed by atoms with Gasteiger partial charge in [0.25, 0.3) is 0 Å². The Morgan fingerprint density at radius 3 is 1.96 bits per heavy atom. The Morgan fingerprint density at radius 2 is 1.42 bits per heavy atom. The van der Waals surface area contributed by atoms with Crippen molar-refractivity contribution >= 4 is 93.3 Å². The average molecular weight is 294 g/mol. The quantitative estimate of drug-likeness (QED) is 0.526. The minimum absolute atomic E-state index is 0.182. The van der Waals surface area contributed by atoms with Crippen LogP contribution < -0.4 is 38.4 Å². The van der Waals surface area contributed by atoms with Crippen LogP contribution in [0.15, 0.2) is 6.07 Å². The van der Waals surface area contributed by atoms with E-state index < -0.39 is 0 Å². The zero-order chi connectivity index (χ0) is 18.4. The molecule has 1 aromatic carbocycles. The van der Waals surface area contributed by atoms with Crippen LogP contribution >= 0.6 is 0 Å². The highest BCUT2D eigenvalue weighted by molar-refractivity contribution is 6.64. The predicted octanol–water partition coefficient (Wildman–Crippen LogP) is -4.01. The van der Waals surface area contributed by atoms with Crippen molar-refractivity contribution in [3.05, 3.63) is 11.6 Å². The van der Waals surface area contributed by atoms with Gasteiger partial charge in [-0.1, -0.05) is 43.2 Å². The van der Waals surface area contributed by atoms with Gasteiger partial charge in [-0.25, -0.2) is 0 Å². The molecule has 14 radical (unpaired) electrons. The first-order valence-corrected chi connectivity index (χ1v) is 7.61. The summed E-state index contributed by atoms with van der Waals surface area (Å²) in [4.78, 5) is 4.43. The van der Waals surface area contributed by atoms with E-state index in [-0.39, 0.29) is 32.7 Å². The van der Waals surface area contributed by atoms with Gasteiger partial charge >= 0.3 is 0 Å². The lowest BCUT2D eigenvalue weighted by molar-refractivity contribution is 0.511. The molecule has 0 amide bonds. The summed E-state index contributed by atoms with van der Waals surface area (Å²) in [5, 5.41) is 0. The highest BCUT2D eigenvalue weighted by atomic mass is 14.7. The lowest BCUT2D eigenvalue weighted by Gasteiger charge is -2.30. The maximum Gasteiger partial charge on any atom is 0.142 e. The zero-order valence-corrected chi connectivity index (χ0v) is 14.3. The van der Waals surface area contributed by atoms with E-state index in [2.05, 4.69) is 4.98 Å². The third-order valence-electron chi connectivity index (χ3n) is 4.60. The summed E-state index contributed by atoms with van der Waals surface area (Å²) >= 11 is 0. The molecule has 0 spiro atoms. The molecule has 0 aliphatic carbocycles. The van der Waals surface area contributed by atoms with Crippen LogP contribution in [0.25, 0.3) is 11.3 Å². The second-order valence-electron chi connectivity index (χ2n) is 6.54.